The minimum atomic E-state index is -4.02. The molecule has 2 saturated heterocycles. The lowest BCUT2D eigenvalue weighted by Crippen LogP contribution is -2.44. The number of amides is 6. The van der Waals surface area contributed by atoms with Crippen LogP contribution in [0.25, 0.3) is 0 Å². The highest BCUT2D eigenvalue weighted by molar-refractivity contribution is 8.00. The van der Waals surface area contributed by atoms with Crippen LogP contribution >= 0.6 is 23.5 Å². The van der Waals surface area contributed by atoms with Gasteiger partial charge in [0.1, 0.15) is 0 Å². The van der Waals surface area contributed by atoms with Gasteiger partial charge in [0.15, 0.2) is 5.25 Å². The average Bonchev–Trinajstić information content (AvgIpc) is 3.46. The molecule has 0 bridgehead atoms. The summed E-state index contributed by atoms with van der Waals surface area (Å²) in [6, 6.07) is 0. The molecule has 0 aliphatic carbocycles. The third kappa shape index (κ3) is 15.3. The fourth-order valence-electron chi connectivity index (χ4n) is 5.21. The van der Waals surface area contributed by atoms with E-state index in [0.29, 0.717) is 35.6 Å². The zero-order valence-electron chi connectivity index (χ0n) is 30.6. The van der Waals surface area contributed by atoms with E-state index in [-0.39, 0.29) is 85.7 Å². The number of carbonyl (C=O) groups is 6. The second kappa shape index (κ2) is 21.9. The van der Waals surface area contributed by atoms with E-state index >= 15 is 0 Å². The Labute approximate surface area is 301 Å². The van der Waals surface area contributed by atoms with Gasteiger partial charge < -0.3 is 10.6 Å². The van der Waals surface area contributed by atoms with Crippen LogP contribution in [0.2, 0.25) is 0 Å². The molecule has 2 fully saturated rings. The van der Waals surface area contributed by atoms with Crippen LogP contribution in [-0.2, 0) is 43.1 Å². The lowest BCUT2D eigenvalue weighted by atomic mass is 9.94. The van der Waals surface area contributed by atoms with Crippen molar-refractivity contribution in [2.45, 2.75) is 103 Å². The van der Waals surface area contributed by atoms with Crippen LogP contribution in [-0.4, -0.2) is 114 Å². The van der Waals surface area contributed by atoms with E-state index in [1.54, 1.807) is 11.8 Å². The zero-order valence-corrected chi connectivity index (χ0v) is 33.1. The molecule has 2 heterocycles. The van der Waals surface area contributed by atoms with Gasteiger partial charge in [-0.15, -0.1) is 0 Å². The molecule has 2 aliphatic heterocycles. The van der Waals surface area contributed by atoms with Gasteiger partial charge in [0.05, 0.1) is 7.11 Å². The van der Waals surface area contributed by atoms with E-state index in [0.717, 1.165) is 24.2 Å². The first-order valence-corrected chi connectivity index (χ1v) is 20.7. The fraction of sp³-hybridized carbons (Fsp3) is 0.818. The number of nitrogens with one attached hydrogen (secondary N) is 2. The van der Waals surface area contributed by atoms with E-state index in [1.165, 1.54) is 4.90 Å². The van der Waals surface area contributed by atoms with Crippen LogP contribution in [0.3, 0.4) is 0 Å². The first-order valence-electron chi connectivity index (χ1n) is 17.1. The van der Waals surface area contributed by atoms with Crippen molar-refractivity contribution >= 4 is 69.1 Å². The van der Waals surface area contributed by atoms with Gasteiger partial charge in [-0.1, -0.05) is 55.4 Å². The third-order valence-electron chi connectivity index (χ3n) is 8.16. The third-order valence-corrected chi connectivity index (χ3v) is 12.1. The number of likely N-dealkylation sites (tertiary alicyclic amines) is 2. The van der Waals surface area contributed by atoms with E-state index in [1.807, 2.05) is 53.3 Å². The van der Waals surface area contributed by atoms with E-state index in [9.17, 15) is 37.2 Å². The molecule has 0 aromatic rings. The first-order chi connectivity index (χ1) is 22.8. The molecule has 3 atom stereocenters. The maximum absolute atomic E-state index is 12.4. The number of hydrogen-bond acceptors (Lipinski definition) is 11. The number of rotatable bonds is 20. The monoisotopic (exact) mass is 750 g/mol. The van der Waals surface area contributed by atoms with Crippen LogP contribution in [0.5, 0.6) is 0 Å². The summed E-state index contributed by atoms with van der Waals surface area (Å²) < 4.78 is 28.6. The van der Waals surface area contributed by atoms with Crippen LogP contribution in [0.15, 0.2) is 0 Å². The Morgan fingerprint density at radius 1 is 0.776 bits per heavy atom. The largest absolute Gasteiger partial charge is 0.354 e. The Hall–Kier alpha value is -2.17. The molecule has 49 heavy (non-hydrogen) atoms. The molecule has 6 amide bonds. The molecule has 0 aromatic heterocycles. The Kier molecular flexibility index (Phi) is 20.1. The Balaban J connectivity index is 0.000000500. The lowest BCUT2D eigenvalue weighted by Gasteiger charge is -2.19. The van der Waals surface area contributed by atoms with Gasteiger partial charge in [0, 0.05) is 57.3 Å². The van der Waals surface area contributed by atoms with Gasteiger partial charge in [-0.2, -0.15) is 31.9 Å². The summed E-state index contributed by atoms with van der Waals surface area (Å²) in [6.45, 7) is 16.6. The average molecular weight is 751 g/mol. The predicted octanol–water partition coefficient (Wildman–Crippen LogP) is 3.07. The second-order valence-electron chi connectivity index (χ2n) is 13.4. The van der Waals surface area contributed by atoms with Gasteiger partial charge in [0.25, 0.3) is 10.1 Å². The molecule has 2 aliphatic rings. The summed E-state index contributed by atoms with van der Waals surface area (Å²) >= 11 is 3.40. The van der Waals surface area contributed by atoms with Crippen LogP contribution in [0.4, 0.5) is 0 Å². The summed E-state index contributed by atoms with van der Waals surface area (Å²) in [5.74, 6) is -0.217. The maximum atomic E-state index is 12.4. The summed E-state index contributed by atoms with van der Waals surface area (Å²) in [4.78, 5) is 74.7. The summed E-state index contributed by atoms with van der Waals surface area (Å²) in [7, 11) is -2.99. The van der Waals surface area contributed by atoms with E-state index in [2.05, 4.69) is 28.7 Å². The smallest absolute Gasteiger partial charge is 0.279 e. The molecular formula is C33H58N4O9S3. The molecular weight excluding hydrogens is 693 g/mol. The van der Waals surface area contributed by atoms with Crippen molar-refractivity contribution in [2.75, 3.05) is 44.8 Å². The van der Waals surface area contributed by atoms with Gasteiger partial charge in [0.2, 0.25) is 35.4 Å². The quantitative estimate of drug-likeness (QED) is 0.106. The van der Waals surface area contributed by atoms with E-state index < -0.39 is 21.3 Å². The van der Waals surface area contributed by atoms with Gasteiger partial charge in [-0.05, 0) is 46.7 Å². The fourth-order valence-corrected chi connectivity index (χ4v) is 7.97. The lowest BCUT2D eigenvalue weighted by molar-refractivity contribution is -0.141. The summed E-state index contributed by atoms with van der Waals surface area (Å²) in [5.41, 5.74) is 0. The molecule has 282 valence electrons. The highest BCUT2D eigenvalue weighted by Crippen LogP contribution is 2.27. The van der Waals surface area contributed by atoms with E-state index in [4.69, 9.17) is 0 Å². The SMILES string of the molecule is CC(C)SCCCC(=O)NCCN1C(=O)CC(C(C)C)C1=O.COS(=O)(=O)C(CCSC(C)C)C(=O)NCCN1C(=O)CC(C(C)C)C1=O. The van der Waals surface area contributed by atoms with Crippen molar-refractivity contribution in [2.24, 2.45) is 23.7 Å². The standard InChI is InChI=1S/C17H30N2O6S2.C16H28N2O3S/c1-11(2)13-10-15(20)19(17(13)22)8-7-18-16(21)14(27(23,24)25-5)6-9-26-12(3)4;1-11(2)13-10-15(20)18(16(13)21)8-7-17-14(19)6-5-9-22-12(3)4/h11-14H,6-10H2,1-5H3,(H,18,21);11-13H,5-10H2,1-4H3,(H,17,19). The summed E-state index contributed by atoms with van der Waals surface area (Å²) in [5, 5.41) is 4.90. The topological polar surface area (TPSA) is 176 Å². The van der Waals surface area contributed by atoms with Crippen molar-refractivity contribution in [1.82, 2.24) is 20.4 Å². The minimum absolute atomic E-state index is 0.00812. The normalized spacial score (nSPS) is 19.0. The molecule has 13 nitrogen and oxygen atoms in total. The number of nitrogens with zero attached hydrogens (tertiary/aromatic N) is 2. The molecule has 3 unspecified atom stereocenters. The van der Waals surface area contributed by atoms with Crippen LogP contribution < -0.4 is 10.6 Å². The highest BCUT2D eigenvalue weighted by atomic mass is 32.2. The molecule has 2 rings (SSSR count). The number of thioether (sulfide) groups is 2. The molecule has 16 heteroatoms. The molecule has 2 N–H and O–H groups in total. The zero-order chi connectivity index (χ0) is 37.5. The first kappa shape index (κ1) is 44.9. The highest BCUT2D eigenvalue weighted by Gasteiger charge is 2.41. The Morgan fingerprint density at radius 3 is 1.63 bits per heavy atom. The van der Waals surface area contributed by atoms with Crippen molar-refractivity contribution < 1.29 is 41.4 Å². The number of imide groups is 2. The number of hydrogen-bond donors (Lipinski definition) is 2. The molecule has 0 spiro atoms. The Bertz CT molecular complexity index is 1240. The van der Waals surface area contributed by atoms with Crippen molar-refractivity contribution in [1.29, 1.82) is 0 Å². The molecule has 0 radical (unpaired) electrons. The number of carbonyl (C=O) groups excluding carboxylic acids is 6. The minimum Gasteiger partial charge on any atom is -0.354 e. The Morgan fingerprint density at radius 2 is 1.22 bits per heavy atom. The van der Waals surface area contributed by atoms with Crippen LogP contribution in [0, 0.1) is 23.7 Å². The van der Waals surface area contributed by atoms with Crippen molar-refractivity contribution in [3.63, 3.8) is 0 Å². The van der Waals surface area contributed by atoms with Gasteiger partial charge in [-0.3, -0.25) is 42.8 Å². The molecule has 0 aromatic carbocycles. The maximum Gasteiger partial charge on any atom is 0.279 e. The van der Waals surface area contributed by atoms with Gasteiger partial charge in [-0.25, -0.2) is 0 Å². The predicted molar refractivity (Wildman–Crippen MR) is 194 cm³/mol. The van der Waals surface area contributed by atoms with Crippen molar-refractivity contribution in [3.05, 3.63) is 0 Å². The summed E-state index contributed by atoms with van der Waals surface area (Å²) in [6.07, 6.45) is 1.96. The molecule has 0 saturated carbocycles. The van der Waals surface area contributed by atoms with Crippen LogP contribution in [0.1, 0.15) is 87.5 Å². The van der Waals surface area contributed by atoms with Crippen molar-refractivity contribution in [3.8, 4) is 0 Å². The second-order valence-corrected chi connectivity index (χ2v) is 18.7. The van der Waals surface area contributed by atoms with Gasteiger partial charge >= 0.3 is 0 Å².